The summed E-state index contributed by atoms with van der Waals surface area (Å²) >= 11 is 1.53. The predicted molar refractivity (Wildman–Crippen MR) is 136 cm³/mol. The number of fused-ring (bicyclic) bond motifs is 3. The van der Waals surface area contributed by atoms with Gasteiger partial charge in [0.2, 0.25) is 0 Å². The van der Waals surface area contributed by atoms with Crippen LogP contribution >= 0.6 is 11.3 Å². The Bertz CT molecular complexity index is 1370. The molecule has 0 spiro atoms. The van der Waals surface area contributed by atoms with Crippen molar-refractivity contribution < 1.29 is 23.4 Å². The molecule has 1 fully saturated rings. The van der Waals surface area contributed by atoms with Crippen LogP contribution in [0.4, 0.5) is 9.18 Å². The zero-order chi connectivity index (χ0) is 24.5. The number of alkyl carbamates (subject to hydrolysis) is 1. The van der Waals surface area contributed by atoms with Gasteiger partial charge in [0, 0.05) is 28.5 Å². The number of benzene rings is 3. The summed E-state index contributed by atoms with van der Waals surface area (Å²) in [5, 5.41) is 4.83. The first-order valence-corrected chi connectivity index (χ1v) is 12.8. The monoisotopic (exact) mass is 501 g/mol. The minimum absolute atomic E-state index is 0.00745. The summed E-state index contributed by atoms with van der Waals surface area (Å²) in [6.45, 7) is 1.50. The number of carbonyl (C=O) groups excluding carboxylic acids is 1. The maximum atomic E-state index is 14.0. The number of amides is 1. The standard InChI is InChI=1S/C29H24FNO4S/c30-19-9-10-24(25(15-19)28-33-12-13-34-28)27-18(11-14-36-27)16-31-29(32)35-17-26-22-7-3-1-5-20(22)21-6-2-4-8-23(21)26/h1-11,14-15,26,28H,12-13,16-17H2,(H,31,32). The zero-order valence-electron chi connectivity index (χ0n) is 19.4. The average molecular weight is 502 g/mol. The van der Waals surface area contributed by atoms with Crippen molar-refractivity contribution in [1.82, 2.24) is 5.32 Å². The molecule has 0 bridgehead atoms. The second-order valence-corrected chi connectivity index (χ2v) is 9.68. The maximum Gasteiger partial charge on any atom is 0.407 e. The maximum absolute atomic E-state index is 14.0. The van der Waals surface area contributed by atoms with E-state index in [1.807, 2.05) is 35.7 Å². The van der Waals surface area contributed by atoms with Crippen LogP contribution in [0.1, 0.15) is 34.5 Å². The van der Waals surface area contributed by atoms with Gasteiger partial charge < -0.3 is 19.5 Å². The highest BCUT2D eigenvalue weighted by Crippen LogP contribution is 2.44. The lowest BCUT2D eigenvalue weighted by molar-refractivity contribution is -0.0438. The highest BCUT2D eigenvalue weighted by molar-refractivity contribution is 7.13. The largest absolute Gasteiger partial charge is 0.449 e. The Labute approximate surface area is 212 Å². The van der Waals surface area contributed by atoms with E-state index in [4.69, 9.17) is 14.2 Å². The van der Waals surface area contributed by atoms with Crippen molar-refractivity contribution >= 4 is 17.4 Å². The van der Waals surface area contributed by atoms with Crippen LogP contribution in [0.2, 0.25) is 0 Å². The Hall–Kier alpha value is -3.52. The lowest BCUT2D eigenvalue weighted by Gasteiger charge is -2.16. The molecule has 1 aromatic heterocycles. The molecule has 0 radical (unpaired) electrons. The number of hydrogen-bond acceptors (Lipinski definition) is 5. The molecule has 4 aromatic rings. The SMILES string of the molecule is O=C(NCc1ccsc1-c1ccc(F)cc1C1OCCO1)OCC1c2ccccc2-c2ccccc21. The Morgan fingerprint density at radius 2 is 1.61 bits per heavy atom. The molecule has 0 atom stereocenters. The molecule has 3 aromatic carbocycles. The summed E-state index contributed by atoms with van der Waals surface area (Å²) in [5.41, 5.74) is 7.13. The van der Waals surface area contributed by atoms with E-state index in [9.17, 15) is 9.18 Å². The molecule has 0 unspecified atom stereocenters. The highest BCUT2D eigenvalue weighted by Gasteiger charge is 2.29. The fourth-order valence-corrected chi connectivity index (χ4v) is 5.97. The molecule has 5 nitrogen and oxygen atoms in total. The quantitative estimate of drug-likeness (QED) is 0.322. The van der Waals surface area contributed by atoms with Gasteiger partial charge in [-0.15, -0.1) is 11.3 Å². The first kappa shape index (κ1) is 22.9. The summed E-state index contributed by atoms with van der Waals surface area (Å²) in [5.74, 6) is -0.337. The van der Waals surface area contributed by atoms with E-state index < -0.39 is 12.4 Å². The van der Waals surface area contributed by atoms with Gasteiger partial charge in [-0.25, -0.2) is 9.18 Å². The molecule has 1 aliphatic heterocycles. The molecule has 182 valence electrons. The molecule has 1 aliphatic carbocycles. The van der Waals surface area contributed by atoms with Crippen LogP contribution in [0.5, 0.6) is 0 Å². The van der Waals surface area contributed by atoms with Crippen molar-refractivity contribution in [3.05, 3.63) is 106 Å². The normalized spacial score (nSPS) is 15.0. The van der Waals surface area contributed by atoms with Gasteiger partial charge >= 0.3 is 6.09 Å². The average Bonchev–Trinajstić information content (AvgIpc) is 3.66. The van der Waals surface area contributed by atoms with Crippen LogP contribution in [0.3, 0.4) is 0 Å². The van der Waals surface area contributed by atoms with Crippen LogP contribution < -0.4 is 5.32 Å². The van der Waals surface area contributed by atoms with Crippen LogP contribution in [-0.4, -0.2) is 25.9 Å². The molecule has 1 saturated heterocycles. The second kappa shape index (κ2) is 9.85. The summed E-state index contributed by atoms with van der Waals surface area (Å²) in [4.78, 5) is 13.6. The third-order valence-corrected chi connectivity index (χ3v) is 7.64. The van der Waals surface area contributed by atoms with Gasteiger partial charge in [-0.1, -0.05) is 54.6 Å². The van der Waals surface area contributed by atoms with Crippen molar-refractivity contribution in [3.63, 3.8) is 0 Å². The van der Waals surface area contributed by atoms with Crippen molar-refractivity contribution in [2.75, 3.05) is 19.8 Å². The number of hydrogen-bond donors (Lipinski definition) is 1. The smallest absolute Gasteiger partial charge is 0.407 e. The van der Waals surface area contributed by atoms with E-state index in [0.29, 0.717) is 25.3 Å². The van der Waals surface area contributed by atoms with Crippen molar-refractivity contribution in [2.45, 2.75) is 18.8 Å². The molecular formula is C29H24FNO4S. The Balaban J connectivity index is 1.14. The van der Waals surface area contributed by atoms with E-state index in [-0.39, 0.29) is 18.3 Å². The molecule has 0 saturated carbocycles. The molecular weight excluding hydrogens is 477 g/mol. The van der Waals surface area contributed by atoms with Gasteiger partial charge in [0.05, 0.1) is 13.2 Å². The number of rotatable bonds is 6. The third-order valence-electron chi connectivity index (χ3n) is 6.65. The van der Waals surface area contributed by atoms with E-state index in [1.165, 1.54) is 45.7 Å². The number of halogens is 1. The van der Waals surface area contributed by atoms with Crippen LogP contribution in [-0.2, 0) is 20.8 Å². The predicted octanol–water partition coefficient (Wildman–Crippen LogP) is 6.64. The number of carbonyl (C=O) groups is 1. The molecule has 2 heterocycles. The van der Waals surface area contributed by atoms with Gasteiger partial charge in [-0.2, -0.15) is 0 Å². The van der Waals surface area contributed by atoms with E-state index in [2.05, 4.69) is 29.6 Å². The van der Waals surface area contributed by atoms with E-state index in [1.54, 1.807) is 6.07 Å². The molecule has 2 aliphatic rings. The molecule has 1 amide bonds. The fourth-order valence-electron chi connectivity index (χ4n) is 5.00. The first-order chi connectivity index (χ1) is 17.7. The number of nitrogens with one attached hydrogen (secondary N) is 1. The lowest BCUT2D eigenvalue weighted by Crippen LogP contribution is -2.25. The lowest BCUT2D eigenvalue weighted by atomic mass is 9.98. The highest BCUT2D eigenvalue weighted by atomic mass is 32.1. The van der Waals surface area contributed by atoms with Gasteiger partial charge in [0.25, 0.3) is 0 Å². The van der Waals surface area contributed by atoms with Crippen molar-refractivity contribution in [1.29, 1.82) is 0 Å². The van der Waals surface area contributed by atoms with Gasteiger partial charge in [0.15, 0.2) is 6.29 Å². The zero-order valence-corrected chi connectivity index (χ0v) is 20.2. The fraction of sp³-hybridized carbons (Fsp3) is 0.207. The summed E-state index contributed by atoms with van der Waals surface area (Å²) in [6, 6.07) is 23.1. The molecule has 6 rings (SSSR count). The van der Waals surface area contributed by atoms with Crippen LogP contribution in [0.15, 0.2) is 78.2 Å². The van der Waals surface area contributed by atoms with Crippen LogP contribution in [0.25, 0.3) is 21.6 Å². The van der Waals surface area contributed by atoms with Gasteiger partial charge in [0.1, 0.15) is 12.4 Å². The topological polar surface area (TPSA) is 56.8 Å². The van der Waals surface area contributed by atoms with Crippen molar-refractivity contribution in [2.24, 2.45) is 0 Å². The van der Waals surface area contributed by atoms with E-state index in [0.717, 1.165) is 16.0 Å². The van der Waals surface area contributed by atoms with Crippen LogP contribution in [0, 0.1) is 5.82 Å². The molecule has 1 N–H and O–H groups in total. The van der Waals surface area contributed by atoms with Crippen molar-refractivity contribution in [3.8, 4) is 21.6 Å². The number of ether oxygens (including phenoxy) is 3. The summed E-state index contributed by atoms with van der Waals surface area (Å²) in [6.07, 6.45) is -1.07. The molecule has 36 heavy (non-hydrogen) atoms. The summed E-state index contributed by atoms with van der Waals surface area (Å²) in [7, 11) is 0. The second-order valence-electron chi connectivity index (χ2n) is 8.76. The Kier molecular flexibility index (Phi) is 6.27. The number of thiophene rings is 1. The minimum atomic E-state index is -0.597. The van der Waals surface area contributed by atoms with Gasteiger partial charge in [-0.3, -0.25) is 0 Å². The molecule has 7 heteroatoms. The Morgan fingerprint density at radius 3 is 2.33 bits per heavy atom. The van der Waals surface area contributed by atoms with E-state index >= 15 is 0 Å². The third kappa shape index (κ3) is 4.30. The Morgan fingerprint density at radius 1 is 0.917 bits per heavy atom. The van der Waals surface area contributed by atoms with Gasteiger partial charge in [-0.05, 0) is 51.4 Å². The minimum Gasteiger partial charge on any atom is -0.449 e. The summed E-state index contributed by atoms with van der Waals surface area (Å²) < 4.78 is 30.9. The first-order valence-electron chi connectivity index (χ1n) is 11.9.